The Morgan fingerprint density at radius 3 is 2.56 bits per heavy atom. The molecule has 1 fully saturated rings. The molecule has 1 amide bonds. The molecule has 0 bridgehead atoms. The van der Waals surface area contributed by atoms with Crippen LogP contribution in [0.25, 0.3) is 22.3 Å². The third-order valence-corrected chi connectivity index (χ3v) is 6.60. The van der Waals surface area contributed by atoms with E-state index in [0.717, 1.165) is 33.7 Å². The molecule has 1 aliphatic rings. The zero-order valence-corrected chi connectivity index (χ0v) is 19.5. The highest BCUT2D eigenvalue weighted by Gasteiger charge is 2.25. The maximum atomic E-state index is 13.5. The number of aromatic nitrogens is 3. The lowest BCUT2D eigenvalue weighted by Crippen LogP contribution is -2.49. The van der Waals surface area contributed by atoms with Crippen molar-refractivity contribution in [3.8, 4) is 11.3 Å². The summed E-state index contributed by atoms with van der Waals surface area (Å²) in [6.45, 7) is 6.72. The quantitative estimate of drug-likeness (QED) is 0.462. The predicted molar refractivity (Wildman–Crippen MR) is 132 cm³/mol. The van der Waals surface area contributed by atoms with Gasteiger partial charge >= 0.3 is 0 Å². The van der Waals surface area contributed by atoms with E-state index < -0.39 is 0 Å². The van der Waals surface area contributed by atoms with Crippen molar-refractivity contribution in [3.63, 3.8) is 0 Å². The SMILES string of the molecule is Cc1ccc(-c2cc3c(N4CCN(C(=O)C[C@@H](C)c5cccc(F)c5)CC4)ncnc3[nH]2)cc1. The number of fused-ring (bicyclic) bond motifs is 1. The van der Waals surface area contributed by atoms with E-state index in [4.69, 9.17) is 0 Å². The molecule has 1 aliphatic heterocycles. The molecule has 2 aromatic carbocycles. The number of carbonyl (C=O) groups excluding carboxylic acids is 1. The highest BCUT2D eigenvalue weighted by atomic mass is 19.1. The molecule has 7 heteroatoms. The van der Waals surface area contributed by atoms with E-state index in [1.807, 2.05) is 17.9 Å². The summed E-state index contributed by atoms with van der Waals surface area (Å²) >= 11 is 0. The number of hydrogen-bond acceptors (Lipinski definition) is 4. The van der Waals surface area contributed by atoms with E-state index >= 15 is 0 Å². The fraction of sp³-hybridized carbons (Fsp3) is 0.296. The van der Waals surface area contributed by atoms with E-state index in [1.54, 1.807) is 12.4 Å². The number of H-pyrrole nitrogens is 1. The van der Waals surface area contributed by atoms with Gasteiger partial charge in [-0.25, -0.2) is 14.4 Å². The van der Waals surface area contributed by atoms with Gasteiger partial charge < -0.3 is 14.8 Å². The largest absolute Gasteiger partial charge is 0.352 e. The van der Waals surface area contributed by atoms with Crippen LogP contribution < -0.4 is 4.90 Å². The molecule has 1 atom stereocenters. The summed E-state index contributed by atoms with van der Waals surface area (Å²) in [5.74, 6) is 0.701. The molecule has 1 N–H and O–H groups in total. The maximum absolute atomic E-state index is 13.5. The number of halogens is 1. The average molecular weight is 458 g/mol. The Hall–Kier alpha value is -3.74. The van der Waals surface area contributed by atoms with Crippen LogP contribution in [-0.4, -0.2) is 51.9 Å². The maximum Gasteiger partial charge on any atom is 0.223 e. The van der Waals surface area contributed by atoms with Crippen LogP contribution in [0.3, 0.4) is 0 Å². The molecular weight excluding hydrogens is 429 g/mol. The Kier molecular flexibility index (Phi) is 6.01. The van der Waals surface area contributed by atoms with Gasteiger partial charge in [0.25, 0.3) is 0 Å². The van der Waals surface area contributed by atoms with E-state index in [0.29, 0.717) is 32.6 Å². The number of rotatable bonds is 5. The minimum Gasteiger partial charge on any atom is -0.352 e. The second-order valence-corrected chi connectivity index (χ2v) is 9.04. The predicted octanol–water partition coefficient (Wildman–Crippen LogP) is 4.91. The van der Waals surface area contributed by atoms with Gasteiger partial charge in [0, 0.05) is 38.3 Å². The number of nitrogens with one attached hydrogen (secondary N) is 1. The van der Waals surface area contributed by atoms with E-state index in [1.165, 1.54) is 17.7 Å². The van der Waals surface area contributed by atoms with Crippen LogP contribution in [0.2, 0.25) is 0 Å². The van der Waals surface area contributed by atoms with Crippen LogP contribution in [0.1, 0.15) is 30.4 Å². The first-order valence-electron chi connectivity index (χ1n) is 11.7. The van der Waals surface area contributed by atoms with Crippen LogP contribution in [0.5, 0.6) is 0 Å². The van der Waals surface area contributed by atoms with E-state index in [-0.39, 0.29) is 17.6 Å². The minimum atomic E-state index is -0.267. The normalized spacial score (nSPS) is 15.0. The standard InChI is InChI=1S/C27H28FN5O/c1-18-6-8-20(9-7-18)24-16-23-26(31-24)29-17-30-27(23)33-12-10-32(11-13-33)25(34)14-19(2)21-4-3-5-22(28)15-21/h3-9,15-17,19H,10-14H2,1-2H3,(H,29,30,31)/t19-/m1/s1. The first-order chi connectivity index (χ1) is 16.5. The van der Waals surface area contributed by atoms with E-state index in [9.17, 15) is 9.18 Å². The van der Waals surface area contributed by atoms with Crippen molar-refractivity contribution in [2.75, 3.05) is 31.1 Å². The lowest BCUT2D eigenvalue weighted by atomic mass is 9.97. The van der Waals surface area contributed by atoms with E-state index in [2.05, 4.69) is 57.1 Å². The van der Waals surface area contributed by atoms with Crippen molar-refractivity contribution in [1.82, 2.24) is 19.9 Å². The third-order valence-electron chi connectivity index (χ3n) is 6.60. The number of anilines is 1. The zero-order chi connectivity index (χ0) is 23.7. The summed E-state index contributed by atoms with van der Waals surface area (Å²) in [5, 5.41) is 0.984. The minimum absolute atomic E-state index is 0.0252. The van der Waals surface area contributed by atoms with Gasteiger partial charge in [-0.3, -0.25) is 4.79 Å². The van der Waals surface area contributed by atoms with Crippen LogP contribution in [0.15, 0.2) is 60.9 Å². The monoisotopic (exact) mass is 457 g/mol. The number of aromatic amines is 1. The fourth-order valence-corrected chi connectivity index (χ4v) is 4.56. The highest BCUT2D eigenvalue weighted by Crippen LogP contribution is 2.29. The zero-order valence-electron chi connectivity index (χ0n) is 19.5. The Bertz CT molecular complexity index is 1310. The van der Waals surface area contributed by atoms with Crippen LogP contribution in [-0.2, 0) is 4.79 Å². The number of benzene rings is 2. The third kappa shape index (κ3) is 4.51. The lowest BCUT2D eigenvalue weighted by molar-refractivity contribution is -0.131. The number of carbonyl (C=O) groups is 1. The van der Waals surface area contributed by atoms with Gasteiger partial charge in [0.05, 0.1) is 5.39 Å². The molecule has 0 aliphatic carbocycles. The van der Waals surface area contributed by atoms with Crippen molar-refractivity contribution in [1.29, 1.82) is 0 Å². The molecule has 0 saturated carbocycles. The molecule has 34 heavy (non-hydrogen) atoms. The summed E-state index contributed by atoms with van der Waals surface area (Å²) in [6.07, 6.45) is 1.96. The number of piperazine rings is 1. The number of amides is 1. The smallest absolute Gasteiger partial charge is 0.223 e. The van der Waals surface area contributed by atoms with Crippen molar-refractivity contribution < 1.29 is 9.18 Å². The average Bonchev–Trinajstić information content (AvgIpc) is 3.29. The molecule has 174 valence electrons. The molecule has 0 unspecified atom stereocenters. The fourth-order valence-electron chi connectivity index (χ4n) is 4.56. The number of aryl methyl sites for hydroxylation is 1. The molecule has 4 aromatic rings. The van der Waals surface area contributed by atoms with Crippen molar-refractivity contribution in [2.24, 2.45) is 0 Å². The highest BCUT2D eigenvalue weighted by molar-refractivity contribution is 5.92. The Morgan fingerprint density at radius 2 is 1.82 bits per heavy atom. The van der Waals surface area contributed by atoms with Crippen molar-refractivity contribution >= 4 is 22.8 Å². The van der Waals surface area contributed by atoms with Gasteiger partial charge in [0.1, 0.15) is 23.6 Å². The van der Waals surface area contributed by atoms with Crippen molar-refractivity contribution in [3.05, 3.63) is 77.9 Å². The second-order valence-electron chi connectivity index (χ2n) is 9.04. The summed E-state index contributed by atoms with van der Waals surface area (Å²) in [5.41, 5.74) is 5.00. The summed E-state index contributed by atoms with van der Waals surface area (Å²) in [4.78, 5) is 29.4. The lowest BCUT2D eigenvalue weighted by Gasteiger charge is -2.36. The Balaban J connectivity index is 1.26. The Labute approximate surface area is 198 Å². The number of hydrogen-bond donors (Lipinski definition) is 1. The molecular formula is C27H28FN5O. The van der Waals surface area contributed by atoms with Crippen LogP contribution in [0.4, 0.5) is 10.2 Å². The molecule has 3 heterocycles. The van der Waals surface area contributed by atoms with Gasteiger partial charge in [-0.15, -0.1) is 0 Å². The summed E-state index contributed by atoms with van der Waals surface area (Å²) < 4.78 is 13.5. The Morgan fingerprint density at radius 1 is 1.06 bits per heavy atom. The van der Waals surface area contributed by atoms with Gasteiger partial charge in [-0.05, 0) is 42.2 Å². The molecule has 0 spiro atoms. The van der Waals surface area contributed by atoms with Crippen molar-refractivity contribution in [2.45, 2.75) is 26.2 Å². The molecule has 2 aromatic heterocycles. The molecule has 5 rings (SSSR count). The first kappa shape index (κ1) is 22.1. The summed E-state index contributed by atoms with van der Waals surface area (Å²) in [6, 6.07) is 17.0. The molecule has 1 saturated heterocycles. The molecule has 6 nitrogen and oxygen atoms in total. The molecule has 0 radical (unpaired) electrons. The topological polar surface area (TPSA) is 65.1 Å². The number of nitrogens with zero attached hydrogens (tertiary/aromatic N) is 4. The second kappa shape index (κ2) is 9.25. The van der Waals surface area contributed by atoms with Gasteiger partial charge in [-0.2, -0.15) is 0 Å². The first-order valence-corrected chi connectivity index (χ1v) is 11.7. The summed E-state index contributed by atoms with van der Waals surface area (Å²) in [7, 11) is 0. The van der Waals surface area contributed by atoms with Crippen LogP contribution in [0, 0.1) is 12.7 Å². The van der Waals surface area contributed by atoms with Crippen LogP contribution >= 0.6 is 0 Å². The van der Waals surface area contributed by atoms with Gasteiger partial charge in [-0.1, -0.05) is 48.9 Å². The van der Waals surface area contributed by atoms with Gasteiger partial charge in [0.2, 0.25) is 5.91 Å². The van der Waals surface area contributed by atoms with Gasteiger partial charge in [0.15, 0.2) is 0 Å².